The summed E-state index contributed by atoms with van der Waals surface area (Å²) in [5.74, 6) is 0.0160. The number of hydrogen-bond acceptors (Lipinski definition) is 4. The first kappa shape index (κ1) is 21.9. The lowest BCUT2D eigenvalue weighted by atomic mass is 9.94. The summed E-state index contributed by atoms with van der Waals surface area (Å²) in [4.78, 5) is 11.5. The third kappa shape index (κ3) is 4.45. The molecule has 0 saturated heterocycles. The molecule has 1 aliphatic rings. The zero-order valence-corrected chi connectivity index (χ0v) is 19.0. The predicted molar refractivity (Wildman–Crippen MR) is 132 cm³/mol. The maximum absolute atomic E-state index is 11.5. The minimum atomic E-state index is -0.727. The van der Waals surface area contributed by atoms with Crippen LogP contribution in [0.3, 0.4) is 0 Å². The minimum Gasteiger partial charge on any atom is -0.481 e. The molecule has 0 amide bonds. The maximum atomic E-state index is 11.5. The fourth-order valence-corrected chi connectivity index (χ4v) is 4.16. The van der Waals surface area contributed by atoms with Gasteiger partial charge in [0.1, 0.15) is 12.5 Å². The number of hydrogen-bond donors (Lipinski definition) is 2. The van der Waals surface area contributed by atoms with Gasteiger partial charge in [0.2, 0.25) is 0 Å². The number of anilines is 1. The van der Waals surface area contributed by atoms with Gasteiger partial charge in [0.15, 0.2) is 0 Å². The smallest absolute Gasteiger partial charge is 0.314 e. The lowest BCUT2D eigenvalue weighted by Crippen LogP contribution is -2.19. The number of rotatable bonds is 9. The average Bonchev–Trinajstić information content (AvgIpc) is 3.57. The molecule has 172 valence electrons. The largest absolute Gasteiger partial charge is 0.481 e. The number of carboxylic acid groups (broad SMARTS) is 1. The Labute approximate surface area is 198 Å². The van der Waals surface area contributed by atoms with Crippen molar-refractivity contribution in [3.63, 3.8) is 0 Å². The van der Waals surface area contributed by atoms with E-state index in [1.807, 2.05) is 90.6 Å². The molecular weight excluding hydrogens is 426 g/mol. The fourth-order valence-electron chi connectivity index (χ4n) is 4.16. The summed E-state index contributed by atoms with van der Waals surface area (Å²) in [6.45, 7) is 2.39. The summed E-state index contributed by atoms with van der Waals surface area (Å²) in [6.07, 6.45) is 3.34. The number of ether oxygens (including phenoxy) is 1. The van der Waals surface area contributed by atoms with Gasteiger partial charge in [0.25, 0.3) is 0 Å². The molecule has 34 heavy (non-hydrogen) atoms. The van der Waals surface area contributed by atoms with Crippen LogP contribution >= 0.6 is 0 Å². The predicted octanol–water partition coefficient (Wildman–Crippen LogP) is 5.80. The molecule has 6 nitrogen and oxygen atoms in total. The molecule has 1 aromatic heterocycles. The molecule has 1 heterocycles. The van der Waals surface area contributed by atoms with Crippen LogP contribution in [0.1, 0.15) is 37.0 Å². The van der Waals surface area contributed by atoms with E-state index in [0.717, 1.165) is 46.6 Å². The van der Waals surface area contributed by atoms with Crippen molar-refractivity contribution in [1.82, 2.24) is 9.78 Å². The maximum Gasteiger partial charge on any atom is 0.314 e. The monoisotopic (exact) mass is 453 g/mol. The normalized spacial score (nSPS) is 15.0. The van der Waals surface area contributed by atoms with Gasteiger partial charge in [0, 0.05) is 12.3 Å². The molecule has 1 saturated carbocycles. The van der Waals surface area contributed by atoms with E-state index in [1.165, 1.54) is 0 Å². The summed E-state index contributed by atoms with van der Waals surface area (Å²) in [7, 11) is 0. The highest BCUT2D eigenvalue weighted by atomic mass is 16.5. The zero-order chi connectivity index (χ0) is 23.5. The molecular formula is C28H27N3O3. The lowest BCUT2D eigenvalue weighted by molar-refractivity contribution is -0.140. The Morgan fingerprint density at radius 3 is 2.26 bits per heavy atom. The molecule has 1 unspecified atom stereocenters. The Bertz CT molecular complexity index is 1260. The van der Waals surface area contributed by atoms with Crippen LogP contribution in [0.5, 0.6) is 0 Å². The molecule has 5 rings (SSSR count). The van der Waals surface area contributed by atoms with E-state index in [2.05, 4.69) is 22.5 Å². The van der Waals surface area contributed by atoms with Crippen molar-refractivity contribution in [2.24, 2.45) is 0 Å². The molecule has 4 aromatic rings. The van der Waals surface area contributed by atoms with Gasteiger partial charge in [-0.05, 0) is 54.2 Å². The minimum absolute atomic E-state index is 0.00340. The summed E-state index contributed by atoms with van der Waals surface area (Å²) in [5.41, 5.74) is 4.44. The van der Waals surface area contributed by atoms with Crippen LogP contribution in [0.15, 0.2) is 91.1 Å². The average molecular weight is 454 g/mol. The zero-order valence-electron chi connectivity index (χ0n) is 19.0. The van der Waals surface area contributed by atoms with Gasteiger partial charge in [-0.25, -0.2) is 4.68 Å². The molecule has 0 bridgehead atoms. The van der Waals surface area contributed by atoms with Crippen molar-refractivity contribution in [1.29, 1.82) is 0 Å². The fraction of sp³-hybridized carbons (Fsp3) is 0.214. The highest BCUT2D eigenvalue weighted by Gasteiger charge is 2.51. The molecule has 0 spiro atoms. The topological polar surface area (TPSA) is 76.4 Å². The van der Waals surface area contributed by atoms with Crippen LogP contribution in [0, 0.1) is 0 Å². The molecule has 3 aromatic carbocycles. The second-order valence-corrected chi connectivity index (χ2v) is 8.70. The summed E-state index contributed by atoms with van der Waals surface area (Å²) in [5, 5.41) is 17.3. The number of aromatic nitrogens is 2. The summed E-state index contributed by atoms with van der Waals surface area (Å²) >= 11 is 0. The second kappa shape index (κ2) is 9.15. The SMILES string of the molecule is CC(OCNc1ccn(-c2ccc(-c3ccc(C4(C(=O)O)CC4)cc3)cc2)n1)c1ccccc1. The van der Waals surface area contributed by atoms with Gasteiger partial charge < -0.3 is 15.2 Å². The van der Waals surface area contributed by atoms with Crippen molar-refractivity contribution in [3.8, 4) is 16.8 Å². The van der Waals surface area contributed by atoms with Crippen LogP contribution in [-0.4, -0.2) is 27.6 Å². The third-order valence-corrected chi connectivity index (χ3v) is 6.51. The van der Waals surface area contributed by atoms with Crippen LogP contribution in [0.2, 0.25) is 0 Å². The summed E-state index contributed by atoms with van der Waals surface area (Å²) in [6, 6.07) is 28.1. The molecule has 0 aliphatic heterocycles. The Morgan fingerprint density at radius 2 is 1.65 bits per heavy atom. The first-order valence-electron chi connectivity index (χ1n) is 11.5. The molecule has 1 aliphatic carbocycles. The number of nitrogens with one attached hydrogen (secondary N) is 1. The first-order valence-corrected chi connectivity index (χ1v) is 11.5. The standard InChI is InChI=1S/C28H27N3O3/c1-20(21-5-3-2-4-6-21)34-19-29-26-15-18-31(30-26)25-13-9-23(10-14-25)22-7-11-24(12-8-22)28(16-17-28)27(32)33/h2-15,18,20H,16-17,19H2,1H3,(H,29,30)(H,32,33). The first-order chi connectivity index (χ1) is 16.5. The van der Waals surface area contributed by atoms with Gasteiger partial charge in [-0.15, -0.1) is 0 Å². The quantitative estimate of drug-likeness (QED) is 0.313. The number of carboxylic acids is 1. The molecule has 0 radical (unpaired) electrons. The number of carbonyl (C=O) groups is 1. The van der Waals surface area contributed by atoms with Crippen LogP contribution in [-0.2, 0) is 14.9 Å². The van der Waals surface area contributed by atoms with Crippen molar-refractivity contribution in [2.45, 2.75) is 31.3 Å². The Kier molecular flexibility index (Phi) is 5.90. The van der Waals surface area contributed by atoms with Gasteiger partial charge in [-0.1, -0.05) is 66.7 Å². The number of benzene rings is 3. The van der Waals surface area contributed by atoms with E-state index in [1.54, 1.807) is 0 Å². The van der Waals surface area contributed by atoms with E-state index >= 15 is 0 Å². The van der Waals surface area contributed by atoms with Crippen molar-refractivity contribution in [3.05, 3.63) is 102 Å². The lowest BCUT2D eigenvalue weighted by Gasteiger charge is -2.13. The van der Waals surface area contributed by atoms with E-state index in [-0.39, 0.29) is 6.10 Å². The molecule has 1 fully saturated rings. The molecule has 6 heteroatoms. The highest BCUT2D eigenvalue weighted by molar-refractivity contribution is 5.85. The van der Waals surface area contributed by atoms with Crippen LogP contribution < -0.4 is 5.32 Å². The van der Waals surface area contributed by atoms with E-state index in [4.69, 9.17) is 4.74 Å². The Balaban J connectivity index is 1.19. The van der Waals surface area contributed by atoms with Gasteiger partial charge in [-0.3, -0.25) is 4.79 Å². The van der Waals surface area contributed by atoms with Gasteiger partial charge in [0.05, 0.1) is 17.2 Å². The highest BCUT2D eigenvalue weighted by Crippen LogP contribution is 2.48. The summed E-state index contributed by atoms with van der Waals surface area (Å²) < 4.78 is 7.68. The van der Waals surface area contributed by atoms with Crippen LogP contribution in [0.4, 0.5) is 5.82 Å². The van der Waals surface area contributed by atoms with Gasteiger partial charge in [-0.2, -0.15) is 5.10 Å². The Hall–Kier alpha value is -3.90. The van der Waals surface area contributed by atoms with E-state index in [9.17, 15) is 9.90 Å². The number of aliphatic carboxylic acids is 1. The van der Waals surface area contributed by atoms with Gasteiger partial charge >= 0.3 is 5.97 Å². The van der Waals surface area contributed by atoms with Crippen molar-refractivity contribution in [2.75, 3.05) is 12.0 Å². The Morgan fingerprint density at radius 1 is 1.00 bits per heavy atom. The molecule has 2 N–H and O–H groups in total. The van der Waals surface area contributed by atoms with Crippen LogP contribution in [0.25, 0.3) is 16.8 Å². The molecule has 1 atom stereocenters. The third-order valence-electron chi connectivity index (χ3n) is 6.51. The second-order valence-electron chi connectivity index (χ2n) is 8.70. The van der Waals surface area contributed by atoms with E-state index in [0.29, 0.717) is 6.73 Å². The van der Waals surface area contributed by atoms with Crippen molar-refractivity contribution < 1.29 is 14.6 Å². The number of nitrogens with zero attached hydrogens (tertiary/aromatic N) is 2. The van der Waals surface area contributed by atoms with Crippen molar-refractivity contribution >= 4 is 11.8 Å². The van der Waals surface area contributed by atoms with E-state index < -0.39 is 11.4 Å².